The van der Waals surface area contributed by atoms with Gasteiger partial charge in [-0.2, -0.15) is 0 Å². The molecule has 0 aliphatic rings. The highest BCUT2D eigenvalue weighted by atomic mass is 16.5. The molecule has 23 heavy (non-hydrogen) atoms. The molecule has 2 aromatic rings. The molecule has 0 radical (unpaired) electrons. The fourth-order valence-electron chi connectivity index (χ4n) is 2.35. The molecule has 0 fully saturated rings. The number of ether oxygens (including phenoxy) is 1. The van der Waals surface area contributed by atoms with Crippen LogP contribution < -0.4 is 15.4 Å². The third-order valence-electron chi connectivity index (χ3n) is 3.64. The average molecular weight is 314 g/mol. The quantitative estimate of drug-likeness (QED) is 0.782. The summed E-state index contributed by atoms with van der Waals surface area (Å²) < 4.78 is 5.16. The molecule has 0 spiro atoms. The summed E-state index contributed by atoms with van der Waals surface area (Å²) >= 11 is 0. The number of aliphatic hydroxyl groups is 1. The van der Waals surface area contributed by atoms with Gasteiger partial charge in [0.05, 0.1) is 13.2 Å². The Morgan fingerprint density at radius 2 is 1.83 bits per heavy atom. The van der Waals surface area contributed by atoms with Gasteiger partial charge >= 0.3 is 0 Å². The first-order chi connectivity index (χ1) is 11.1. The minimum atomic E-state index is -0.647. The van der Waals surface area contributed by atoms with E-state index in [2.05, 4.69) is 0 Å². The Bertz CT molecular complexity index is 614. The number of anilines is 1. The molecule has 5 heteroatoms. The Morgan fingerprint density at radius 1 is 1.17 bits per heavy atom. The standard InChI is InChI=1S/C18H22N2O3/c1-23-16-9-7-15(8-10-16)20(12-11-18(19)22)13-17(21)14-5-3-2-4-6-14/h2-10,17,21H,11-13H2,1H3,(H2,19,22)/t17-/m0/s1. The van der Waals surface area contributed by atoms with Crippen LogP contribution in [0.15, 0.2) is 54.6 Å². The molecule has 0 unspecified atom stereocenters. The Balaban J connectivity index is 2.14. The van der Waals surface area contributed by atoms with Crippen LogP contribution in [-0.4, -0.2) is 31.2 Å². The molecule has 1 atom stereocenters. The van der Waals surface area contributed by atoms with Crippen molar-refractivity contribution < 1.29 is 14.6 Å². The van der Waals surface area contributed by atoms with Gasteiger partial charge in [0, 0.05) is 25.2 Å². The number of nitrogens with zero attached hydrogens (tertiary/aromatic N) is 1. The van der Waals surface area contributed by atoms with E-state index in [0.717, 1.165) is 17.0 Å². The molecule has 1 amide bonds. The highest BCUT2D eigenvalue weighted by Gasteiger charge is 2.15. The highest BCUT2D eigenvalue weighted by Crippen LogP contribution is 2.22. The third kappa shape index (κ3) is 5.00. The van der Waals surface area contributed by atoms with Crippen molar-refractivity contribution in [2.24, 2.45) is 5.73 Å². The van der Waals surface area contributed by atoms with Crippen molar-refractivity contribution in [3.63, 3.8) is 0 Å². The van der Waals surface area contributed by atoms with Crippen LogP contribution in [-0.2, 0) is 4.79 Å². The molecule has 0 saturated heterocycles. The lowest BCUT2D eigenvalue weighted by atomic mass is 10.1. The summed E-state index contributed by atoms with van der Waals surface area (Å²) in [7, 11) is 1.61. The van der Waals surface area contributed by atoms with Gasteiger partial charge in [-0.1, -0.05) is 30.3 Å². The van der Waals surface area contributed by atoms with Gasteiger partial charge in [-0.25, -0.2) is 0 Å². The summed E-state index contributed by atoms with van der Waals surface area (Å²) in [5.74, 6) is 0.393. The predicted octanol–water partition coefficient (Wildman–Crippen LogP) is 2.11. The summed E-state index contributed by atoms with van der Waals surface area (Å²) in [6, 6.07) is 16.9. The zero-order chi connectivity index (χ0) is 16.7. The Kier molecular flexibility index (Phi) is 6.00. The maximum atomic E-state index is 11.1. The second-order valence-corrected chi connectivity index (χ2v) is 5.29. The van der Waals surface area contributed by atoms with Crippen LogP contribution >= 0.6 is 0 Å². The van der Waals surface area contributed by atoms with Gasteiger partial charge in [0.1, 0.15) is 5.75 Å². The Morgan fingerprint density at radius 3 is 2.39 bits per heavy atom. The molecular formula is C18H22N2O3. The number of primary amides is 1. The van der Waals surface area contributed by atoms with E-state index >= 15 is 0 Å². The minimum Gasteiger partial charge on any atom is -0.497 e. The van der Waals surface area contributed by atoms with E-state index < -0.39 is 6.10 Å². The number of methoxy groups -OCH3 is 1. The molecule has 5 nitrogen and oxygen atoms in total. The topological polar surface area (TPSA) is 75.8 Å². The number of carbonyl (C=O) groups excluding carboxylic acids is 1. The number of rotatable bonds is 8. The molecule has 0 saturated carbocycles. The molecule has 2 rings (SSSR count). The minimum absolute atomic E-state index is 0.230. The first-order valence-corrected chi connectivity index (χ1v) is 7.50. The summed E-state index contributed by atoms with van der Waals surface area (Å²) in [6.45, 7) is 0.829. The number of hydrogen-bond donors (Lipinski definition) is 2. The van der Waals surface area contributed by atoms with Gasteiger partial charge in [0.25, 0.3) is 0 Å². The number of carbonyl (C=O) groups is 1. The molecule has 122 valence electrons. The third-order valence-corrected chi connectivity index (χ3v) is 3.64. The van der Waals surface area contributed by atoms with Crippen molar-refractivity contribution in [3.8, 4) is 5.75 Å². The molecular weight excluding hydrogens is 292 g/mol. The van der Waals surface area contributed by atoms with Crippen LogP contribution in [0.25, 0.3) is 0 Å². The monoisotopic (exact) mass is 314 g/mol. The maximum absolute atomic E-state index is 11.1. The fraction of sp³-hybridized carbons (Fsp3) is 0.278. The predicted molar refractivity (Wildman–Crippen MR) is 90.4 cm³/mol. The van der Waals surface area contributed by atoms with Crippen molar-refractivity contribution >= 4 is 11.6 Å². The lowest BCUT2D eigenvalue weighted by Crippen LogP contribution is -2.32. The van der Waals surface area contributed by atoms with Crippen LogP contribution in [0.3, 0.4) is 0 Å². The van der Waals surface area contributed by atoms with E-state index in [1.807, 2.05) is 59.5 Å². The molecule has 3 N–H and O–H groups in total. The Hall–Kier alpha value is -2.53. The van der Waals surface area contributed by atoms with Crippen molar-refractivity contribution in [3.05, 3.63) is 60.2 Å². The van der Waals surface area contributed by atoms with Gasteiger partial charge in [0.2, 0.25) is 5.91 Å². The SMILES string of the molecule is COc1ccc(N(CCC(N)=O)C[C@H](O)c2ccccc2)cc1. The summed E-state index contributed by atoms with van der Waals surface area (Å²) in [6.07, 6.45) is -0.417. The summed E-state index contributed by atoms with van der Waals surface area (Å²) in [5.41, 5.74) is 7.00. The fourth-order valence-corrected chi connectivity index (χ4v) is 2.35. The van der Waals surface area contributed by atoms with Gasteiger partial charge in [-0.3, -0.25) is 4.79 Å². The van der Waals surface area contributed by atoms with Crippen LogP contribution in [0.1, 0.15) is 18.1 Å². The van der Waals surface area contributed by atoms with Gasteiger partial charge < -0.3 is 20.5 Å². The largest absolute Gasteiger partial charge is 0.497 e. The first-order valence-electron chi connectivity index (χ1n) is 7.50. The molecule has 0 aliphatic heterocycles. The van der Waals surface area contributed by atoms with Gasteiger partial charge in [0.15, 0.2) is 0 Å². The molecule has 0 bridgehead atoms. The van der Waals surface area contributed by atoms with Gasteiger partial charge in [-0.05, 0) is 29.8 Å². The number of amides is 1. The Labute approximate surface area is 136 Å². The molecule has 2 aromatic carbocycles. The number of aliphatic hydroxyl groups excluding tert-OH is 1. The van der Waals surface area contributed by atoms with Crippen LogP contribution in [0.5, 0.6) is 5.75 Å². The highest BCUT2D eigenvalue weighted by molar-refractivity contribution is 5.74. The maximum Gasteiger partial charge on any atom is 0.219 e. The van der Waals surface area contributed by atoms with E-state index in [0.29, 0.717) is 13.1 Å². The normalized spacial score (nSPS) is 11.7. The first kappa shape index (κ1) is 16.8. The number of nitrogens with two attached hydrogens (primary N) is 1. The average Bonchev–Trinajstić information content (AvgIpc) is 2.59. The lowest BCUT2D eigenvalue weighted by molar-refractivity contribution is -0.117. The summed E-state index contributed by atoms with van der Waals surface area (Å²) in [4.78, 5) is 13.1. The second-order valence-electron chi connectivity index (χ2n) is 5.29. The smallest absolute Gasteiger partial charge is 0.219 e. The van der Waals surface area contributed by atoms with Gasteiger partial charge in [-0.15, -0.1) is 0 Å². The van der Waals surface area contributed by atoms with E-state index in [9.17, 15) is 9.90 Å². The van der Waals surface area contributed by atoms with E-state index in [1.165, 1.54) is 0 Å². The van der Waals surface area contributed by atoms with Crippen molar-refractivity contribution in [1.29, 1.82) is 0 Å². The van der Waals surface area contributed by atoms with Crippen molar-refractivity contribution in [2.45, 2.75) is 12.5 Å². The number of benzene rings is 2. The lowest BCUT2D eigenvalue weighted by Gasteiger charge is -2.27. The van der Waals surface area contributed by atoms with Crippen molar-refractivity contribution in [1.82, 2.24) is 0 Å². The molecule has 0 aromatic heterocycles. The van der Waals surface area contributed by atoms with E-state index in [-0.39, 0.29) is 12.3 Å². The van der Waals surface area contributed by atoms with Crippen LogP contribution in [0, 0.1) is 0 Å². The van der Waals surface area contributed by atoms with Crippen LogP contribution in [0.4, 0.5) is 5.69 Å². The van der Waals surface area contributed by atoms with E-state index in [1.54, 1.807) is 7.11 Å². The van der Waals surface area contributed by atoms with E-state index in [4.69, 9.17) is 10.5 Å². The molecule has 0 heterocycles. The zero-order valence-electron chi connectivity index (χ0n) is 13.2. The second kappa shape index (κ2) is 8.19. The summed E-state index contributed by atoms with van der Waals surface area (Å²) in [5, 5.41) is 10.4. The number of hydrogen-bond acceptors (Lipinski definition) is 4. The zero-order valence-corrected chi connectivity index (χ0v) is 13.2. The van der Waals surface area contributed by atoms with Crippen LogP contribution in [0.2, 0.25) is 0 Å². The molecule has 0 aliphatic carbocycles. The van der Waals surface area contributed by atoms with Crippen molar-refractivity contribution in [2.75, 3.05) is 25.1 Å².